The Bertz CT molecular complexity index is 709. The molecule has 2 fully saturated rings. The zero-order chi connectivity index (χ0) is 21.1. The van der Waals surface area contributed by atoms with Crippen LogP contribution in [0.25, 0.3) is 0 Å². The van der Waals surface area contributed by atoms with Crippen molar-refractivity contribution in [3.8, 4) is 0 Å². The van der Waals surface area contributed by atoms with Gasteiger partial charge in [-0.2, -0.15) is 0 Å². The number of piperidine rings is 1. The number of hydrogen-bond acceptors (Lipinski definition) is 5. The summed E-state index contributed by atoms with van der Waals surface area (Å²) in [6.07, 6.45) is 1.07. The molecular weight excluding hydrogens is 370 g/mol. The molecular formula is C22H33N3O4. The van der Waals surface area contributed by atoms with Crippen molar-refractivity contribution < 1.29 is 19.1 Å². The smallest absolute Gasteiger partial charge is 0.410 e. The minimum atomic E-state index is -0.501. The highest BCUT2D eigenvalue weighted by Gasteiger charge is 2.49. The third-order valence-corrected chi connectivity index (χ3v) is 5.97. The molecule has 1 aromatic carbocycles. The second-order valence-corrected chi connectivity index (χ2v) is 9.18. The van der Waals surface area contributed by atoms with E-state index < -0.39 is 5.60 Å². The van der Waals surface area contributed by atoms with Gasteiger partial charge >= 0.3 is 12.2 Å². The lowest BCUT2D eigenvalue weighted by Gasteiger charge is -2.42. The fourth-order valence-electron chi connectivity index (χ4n) is 4.34. The van der Waals surface area contributed by atoms with Crippen molar-refractivity contribution in [1.82, 2.24) is 9.80 Å². The first kappa shape index (κ1) is 21.4. The minimum absolute atomic E-state index is 0.0565. The average molecular weight is 404 g/mol. The standard InChI is InChI=1S/C22H33N3O4/c1-21(2,3)29-20(27)24-11-9-22(10-12-24)16-25(14-18(22)13-23)19(26)28-15-17-7-5-4-6-8-17/h4-8,18H,9-16,23H2,1-3H3. The van der Waals surface area contributed by atoms with Gasteiger partial charge in [-0.1, -0.05) is 30.3 Å². The molecule has 29 heavy (non-hydrogen) atoms. The van der Waals surface area contributed by atoms with Crippen molar-refractivity contribution in [2.24, 2.45) is 17.1 Å². The van der Waals surface area contributed by atoms with Crippen molar-refractivity contribution in [3.05, 3.63) is 35.9 Å². The molecule has 2 heterocycles. The summed E-state index contributed by atoms with van der Waals surface area (Å²) in [5.41, 5.74) is 6.47. The van der Waals surface area contributed by atoms with Gasteiger partial charge in [-0.25, -0.2) is 9.59 Å². The lowest BCUT2D eigenvalue weighted by Crippen LogP contribution is -2.49. The molecule has 2 aliphatic heterocycles. The Morgan fingerprint density at radius 2 is 1.76 bits per heavy atom. The highest BCUT2D eigenvalue weighted by molar-refractivity contribution is 5.69. The summed E-state index contributed by atoms with van der Waals surface area (Å²) < 4.78 is 11.0. The number of ether oxygens (including phenoxy) is 2. The highest BCUT2D eigenvalue weighted by atomic mass is 16.6. The van der Waals surface area contributed by atoms with E-state index in [0.29, 0.717) is 32.7 Å². The topological polar surface area (TPSA) is 85.1 Å². The number of hydrogen-bond donors (Lipinski definition) is 1. The van der Waals surface area contributed by atoms with Gasteiger partial charge in [0.2, 0.25) is 0 Å². The Balaban J connectivity index is 1.56. The number of benzene rings is 1. The molecule has 3 rings (SSSR count). The number of carbonyl (C=O) groups excluding carboxylic acids is 2. The molecule has 2 saturated heterocycles. The van der Waals surface area contributed by atoms with Gasteiger partial charge in [-0.15, -0.1) is 0 Å². The molecule has 7 heteroatoms. The number of rotatable bonds is 3. The summed E-state index contributed by atoms with van der Waals surface area (Å²) in [5.74, 6) is 0.215. The zero-order valence-electron chi connectivity index (χ0n) is 17.7. The van der Waals surface area contributed by atoms with Crippen LogP contribution >= 0.6 is 0 Å². The van der Waals surface area contributed by atoms with Crippen molar-refractivity contribution in [2.45, 2.75) is 45.8 Å². The quantitative estimate of drug-likeness (QED) is 0.837. The summed E-state index contributed by atoms with van der Waals surface area (Å²) in [7, 11) is 0. The predicted octanol–water partition coefficient (Wildman–Crippen LogP) is 3.23. The van der Waals surface area contributed by atoms with E-state index in [-0.39, 0.29) is 30.1 Å². The van der Waals surface area contributed by atoms with Gasteiger partial charge in [-0.3, -0.25) is 0 Å². The van der Waals surface area contributed by atoms with Gasteiger partial charge in [0.25, 0.3) is 0 Å². The Labute approximate surface area is 173 Å². The van der Waals surface area contributed by atoms with Crippen LogP contribution in [0.1, 0.15) is 39.2 Å². The summed E-state index contributed by atoms with van der Waals surface area (Å²) in [6.45, 7) is 8.89. The molecule has 0 radical (unpaired) electrons. The molecule has 2 N–H and O–H groups in total. The molecule has 1 unspecified atom stereocenters. The fraction of sp³-hybridized carbons (Fsp3) is 0.636. The van der Waals surface area contributed by atoms with Crippen LogP contribution in [0.4, 0.5) is 9.59 Å². The number of carbonyl (C=O) groups is 2. The van der Waals surface area contributed by atoms with Crippen molar-refractivity contribution in [3.63, 3.8) is 0 Å². The number of nitrogens with two attached hydrogens (primary N) is 1. The van der Waals surface area contributed by atoms with Crippen LogP contribution in [0.15, 0.2) is 30.3 Å². The van der Waals surface area contributed by atoms with Crippen molar-refractivity contribution in [1.29, 1.82) is 0 Å². The number of amides is 2. The highest BCUT2D eigenvalue weighted by Crippen LogP contribution is 2.44. The van der Waals surface area contributed by atoms with Gasteiger partial charge in [0.15, 0.2) is 0 Å². The summed E-state index contributed by atoms with van der Waals surface area (Å²) >= 11 is 0. The normalized spacial score (nSPS) is 21.3. The molecule has 2 amide bonds. The lowest BCUT2D eigenvalue weighted by atomic mass is 9.71. The third kappa shape index (κ3) is 5.21. The van der Waals surface area contributed by atoms with Crippen LogP contribution < -0.4 is 5.73 Å². The van der Waals surface area contributed by atoms with Crippen LogP contribution in [0, 0.1) is 11.3 Å². The molecule has 1 atom stereocenters. The molecule has 160 valence electrons. The molecule has 0 aromatic heterocycles. The van der Waals surface area contributed by atoms with Crippen LogP contribution in [0.3, 0.4) is 0 Å². The first-order chi connectivity index (χ1) is 13.7. The maximum absolute atomic E-state index is 12.6. The van der Waals surface area contributed by atoms with Gasteiger partial charge in [0.05, 0.1) is 0 Å². The Hall–Kier alpha value is -2.28. The maximum Gasteiger partial charge on any atom is 0.410 e. The van der Waals surface area contributed by atoms with E-state index in [1.165, 1.54) is 0 Å². The summed E-state index contributed by atoms with van der Waals surface area (Å²) in [6, 6.07) is 9.67. The molecule has 7 nitrogen and oxygen atoms in total. The van der Waals surface area contributed by atoms with E-state index in [1.54, 1.807) is 9.80 Å². The Morgan fingerprint density at radius 3 is 2.34 bits per heavy atom. The van der Waals surface area contributed by atoms with E-state index >= 15 is 0 Å². The van der Waals surface area contributed by atoms with E-state index in [4.69, 9.17) is 15.2 Å². The van der Waals surface area contributed by atoms with Crippen LogP contribution in [0.2, 0.25) is 0 Å². The van der Waals surface area contributed by atoms with Crippen LogP contribution in [0.5, 0.6) is 0 Å². The zero-order valence-corrected chi connectivity index (χ0v) is 17.7. The minimum Gasteiger partial charge on any atom is -0.445 e. The Kier molecular flexibility index (Phi) is 6.36. The molecule has 0 saturated carbocycles. The second-order valence-electron chi connectivity index (χ2n) is 9.18. The molecule has 2 aliphatic rings. The van der Waals surface area contributed by atoms with Crippen LogP contribution in [-0.2, 0) is 16.1 Å². The second kappa shape index (κ2) is 8.61. The SMILES string of the molecule is CC(C)(C)OC(=O)N1CCC2(CC1)CN(C(=O)OCc1ccccc1)CC2CN. The van der Waals surface area contributed by atoms with E-state index in [2.05, 4.69) is 0 Å². The largest absolute Gasteiger partial charge is 0.445 e. The van der Waals surface area contributed by atoms with Crippen molar-refractivity contribution >= 4 is 12.2 Å². The van der Waals surface area contributed by atoms with Gasteiger partial charge in [-0.05, 0) is 57.1 Å². The van der Waals surface area contributed by atoms with E-state index in [0.717, 1.165) is 18.4 Å². The summed E-state index contributed by atoms with van der Waals surface area (Å²) in [4.78, 5) is 28.5. The number of nitrogens with zero attached hydrogens (tertiary/aromatic N) is 2. The van der Waals surface area contributed by atoms with Crippen LogP contribution in [-0.4, -0.2) is 60.3 Å². The predicted molar refractivity (Wildman–Crippen MR) is 110 cm³/mol. The van der Waals surface area contributed by atoms with Crippen molar-refractivity contribution in [2.75, 3.05) is 32.7 Å². The van der Waals surface area contributed by atoms with E-state index in [1.807, 2.05) is 51.1 Å². The van der Waals surface area contributed by atoms with Gasteiger partial charge < -0.3 is 25.0 Å². The average Bonchev–Trinajstić information content (AvgIpc) is 3.04. The molecule has 0 aliphatic carbocycles. The molecule has 1 spiro atoms. The number of likely N-dealkylation sites (tertiary alicyclic amines) is 2. The molecule has 1 aromatic rings. The monoisotopic (exact) mass is 403 g/mol. The van der Waals surface area contributed by atoms with Gasteiger partial charge in [0.1, 0.15) is 12.2 Å². The van der Waals surface area contributed by atoms with Gasteiger partial charge in [0, 0.05) is 26.2 Å². The first-order valence-electron chi connectivity index (χ1n) is 10.4. The first-order valence-corrected chi connectivity index (χ1v) is 10.4. The summed E-state index contributed by atoms with van der Waals surface area (Å²) in [5, 5.41) is 0. The maximum atomic E-state index is 12.6. The Morgan fingerprint density at radius 1 is 1.10 bits per heavy atom. The fourth-order valence-corrected chi connectivity index (χ4v) is 4.34. The van der Waals surface area contributed by atoms with E-state index in [9.17, 15) is 9.59 Å². The molecule has 0 bridgehead atoms. The lowest BCUT2D eigenvalue weighted by molar-refractivity contribution is 0.00612. The third-order valence-electron chi connectivity index (χ3n) is 5.97.